The van der Waals surface area contributed by atoms with Gasteiger partial charge in [-0.3, -0.25) is 4.98 Å². The molecule has 11 heteroatoms. The van der Waals surface area contributed by atoms with Gasteiger partial charge in [-0.05, 0) is 55.7 Å². The lowest BCUT2D eigenvalue weighted by Gasteiger charge is -2.34. The normalized spacial score (nSPS) is 14.3. The second kappa shape index (κ2) is 10.9. The molecular weight excluding hydrogens is 495 g/mol. The van der Waals surface area contributed by atoms with Gasteiger partial charge in [-0.15, -0.1) is 13.2 Å². The Balaban J connectivity index is 1.36. The van der Waals surface area contributed by atoms with Crippen LogP contribution in [0.3, 0.4) is 0 Å². The molecule has 2 aromatic heterocycles. The van der Waals surface area contributed by atoms with Crippen molar-refractivity contribution in [3.63, 3.8) is 0 Å². The predicted molar refractivity (Wildman–Crippen MR) is 133 cm³/mol. The number of alkyl halides is 3. The van der Waals surface area contributed by atoms with Crippen LogP contribution < -0.4 is 25.0 Å². The Morgan fingerprint density at radius 2 is 1.92 bits per heavy atom. The van der Waals surface area contributed by atoms with Crippen molar-refractivity contribution in [1.29, 1.82) is 0 Å². The summed E-state index contributed by atoms with van der Waals surface area (Å²) in [6, 6.07) is 9.48. The van der Waals surface area contributed by atoms with Crippen LogP contribution in [0.4, 0.5) is 24.7 Å². The number of aromatic nitrogens is 2. The van der Waals surface area contributed by atoms with Gasteiger partial charge in [0.25, 0.3) is 0 Å². The van der Waals surface area contributed by atoms with Gasteiger partial charge in [0.15, 0.2) is 11.6 Å². The second-order valence-electron chi connectivity index (χ2n) is 8.27. The molecule has 1 aromatic carbocycles. The van der Waals surface area contributed by atoms with Gasteiger partial charge in [0.05, 0.1) is 17.7 Å². The molecule has 0 radical (unpaired) electrons. The molecule has 0 saturated carbocycles. The average Bonchev–Trinajstić information content (AvgIpc) is 2.82. The van der Waals surface area contributed by atoms with Crippen LogP contribution in [0.15, 0.2) is 67.4 Å². The van der Waals surface area contributed by atoms with Crippen molar-refractivity contribution >= 4 is 23.1 Å². The van der Waals surface area contributed by atoms with Crippen molar-refractivity contribution in [3.8, 4) is 17.2 Å². The number of anilines is 2. The van der Waals surface area contributed by atoms with Gasteiger partial charge in [0, 0.05) is 37.6 Å². The summed E-state index contributed by atoms with van der Waals surface area (Å²) in [5.74, 6) is 1.71. The van der Waals surface area contributed by atoms with Crippen molar-refractivity contribution in [1.82, 2.24) is 15.3 Å². The van der Waals surface area contributed by atoms with Gasteiger partial charge in [-0.25, -0.2) is 4.98 Å². The highest BCUT2D eigenvalue weighted by Gasteiger charge is 2.31. The van der Waals surface area contributed by atoms with Crippen molar-refractivity contribution in [2.45, 2.75) is 32.2 Å². The van der Waals surface area contributed by atoms with Crippen LogP contribution in [0, 0.1) is 6.92 Å². The van der Waals surface area contributed by atoms with E-state index in [4.69, 9.17) is 16.3 Å². The first-order chi connectivity index (χ1) is 17.2. The van der Waals surface area contributed by atoms with E-state index in [1.54, 1.807) is 31.6 Å². The van der Waals surface area contributed by atoms with Crippen molar-refractivity contribution < 1.29 is 22.6 Å². The van der Waals surface area contributed by atoms with Crippen molar-refractivity contribution in [2.24, 2.45) is 0 Å². The zero-order valence-electron chi connectivity index (χ0n) is 19.5. The van der Waals surface area contributed by atoms with Crippen LogP contribution in [0.5, 0.6) is 17.2 Å². The molecule has 0 atom stereocenters. The van der Waals surface area contributed by atoms with E-state index in [0.717, 1.165) is 31.6 Å². The quantitative estimate of drug-likeness (QED) is 0.363. The molecule has 36 heavy (non-hydrogen) atoms. The van der Waals surface area contributed by atoms with E-state index in [2.05, 4.69) is 36.8 Å². The van der Waals surface area contributed by atoms with E-state index in [-0.39, 0.29) is 11.8 Å². The molecule has 1 aliphatic heterocycles. The molecule has 1 aliphatic rings. The number of hydrogen-bond acceptors (Lipinski definition) is 7. The summed E-state index contributed by atoms with van der Waals surface area (Å²) >= 11 is 6.63. The van der Waals surface area contributed by atoms with Crippen LogP contribution in [-0.2, 0) is 0 Å². The smallest absolute Gasteiger partial charge is 0.455 e. The van der Waals surface area contributed by atoms with Gasteiger partial charge in [0.2, 0.25) is 0 Å². The number of rotatable bonds is 8. The van der Waals surface area contributed by atoms with Crippen LogP contribution >= 0.6 is 11.6 Å². The number of nitrogens with one attached hydrogen (secondary N) is 2. The summed E-state index contributed by atoms with van der Waals surface area (Å²) in [5, 5.41) is 6.93. The number of hydrogen-bond donors (Lipinski definition) is 2. The van der Waals surface area contributed by atoms with Crippen LogP contribution in [0.25, 0.3) is 0 Å². The van der Waals surface area contributed by atoms with E-state index in [0.29, 0.717) is 33.7 Å². The third-order valence-corrected chi connectivity index (χ3v) is 5.92. The van der Waals surface area contributed by atoms with Gasteiger partial charge in [0.1, 0.15) is 16.5 Å². The zero-order valence-corrected chi connectivity index (χ0v) is 20.2. The largest absolute Gasteiger partial charge is 0.573 e. The fraction of sp³-hybridized carbons (Fsp3) is 0.280. The average molecular weight is 520 g/mol. The van der Waals surface area contributed by atoms with Crippen LogP contribution in [-0.4, -0.2) is 35.5 Å². The summed E-state index contributed by atoms with van der Waals surface area (Å²) in [6.07, 6.45) is 1.96. The summed E-state index contributed by atoms with van der Waals surface area (Å²) in [6.45, 7) is 7.11. The highest BCUT2D eigenvalue weighted by molar-refractivity contribution is 6.34. The van der Waals surface area contributed by atoms with E-state index >= 15 is 0 Å². The van der Waals surface area contributed by atoms with Crippen molar-refractivity contribution in [3.05, 3.63) is 78.0 Å². The van der Waals surface area contributed by atoms with Crippen LogP contribution in [0.2, 0.25) is 5.02 Å². The number of pyridine rings is 2. The summed E-state index contributed by atoms with van der Waals surface area (Å²) < 4.78 is 47.3. The molecule has 1 fully saturated rings. The number of ether oxygens (including phenoxy) is 2. The molecule has 0 amide bonds. The SMILES string of the molecule is C=C(Nc1cccnc1)NC1CCN(c2nccc(Oc3ccc(OC(F)(F)F)cc3C)c2Cl)CC1. The number of piperidine rings is 1. The maximum atomic E-state index is 12.5. The Kier molecular flexibility index (Phi) is 7.73. The maximum absolute atomic E-state index is 12.5. The fourth-order valence-electron chi connectivity index (χ4n) is 3.90. The van der Waals surface area contributed by atoms with E-state index in [9.17, 15) is 13.2 Å². The van der Waals surface area contributed by atoms with Gasteiger partial charge in [-0.2, -0.15) is 0 Å². The topological polar surface area (TPSA) is 71.5 Å². The number of benzene rings is 1. The van der Waals surface area contributed by atoms with Crippen molar-refractivity contribution in [2.75, 3.05) is 23.3 Å². The zero-order chi connectivity index (χ0) is 25.7. The van der Waals surface area contributed by atoms with Crippen LogP contribution in [0.1, 0.15) is 18.4 Å². The molecule has 4 rings (SSSR count). The standard InChI is InChI=1S/C25H25ClF3N5O2/c1-16-14-20(36-25(27,28)29)5-6-21(16)35-22-7-11-31-24(23(22)26)34-12-8-18(9-13-34)32-17(2)33-19-4-3-10-30-15-19/h3-7,10-11,14-15,18,32-33H,2,8-9,12-13H2,1H3. The molecular formula is C25H25ClF3N5O2. The Morgan fingerprint density at radius 1 is 1.14 bits per heavy atom. The molecule has 0 spiro atoms. The Bertz CT molecular complexity index is 1200. The van der Waals surface area contributed by atoms with Gasteiger partial charge >= 0.3 is 6.36 Å². The minimum absolute atomic E-state index is 0.233. The summed E-state index contributed by atoms with van der Waals surface area (Å²) in [4.78, 5) is 10.6. The first kappa shape index (κ1) is 25.4. The Hall–Kier alpha value is -3.66. The second-order valence-corrected chi connectivity index (χ2v) is 8.65. The Labute approximate surface area is 211 Å². The maximum Gasteiger partial charge on any atom is 0.573 e. The van der Waals surface area contributed by atoms with E-state index in [1.807, 2.05) is 12.1 Å². The molecule has 3 aromatic rings. The monoisotopic (exact) mass is 519 g/mol. The first-order valence-electron chi connectivity index (χ1n) is 11.2. The van der Waals surface area contributed by atoms with Gasteiger partial charge < -0.3 is 25.0 Å². The molecule has 7 nitrogen and oxygen atoms in total. The lowest BCUT2D eigenvalue weighted by molar-refractivity contribution is -0.274. The molecule has 190 valence electrons. The number of nitrogens with zero attached hydrogens (tertiary/aromatic N) is 3. The van der Waals surface area contributed by atoms with Gasteiger partial charge in [-0.1, -0.05) is 18.2 Å². The van der Waals surface area contributed by atoms with E-state index < -0.39 is 6.36 Å². The number of aryl methyl sites for hydroxylation is 1. The molecule has 0 aliphatic carbocycles. The predicted octanol–water partition coefficient (Wildman–Crippen LogP) is 6.27. The fourth-order valence-corrected chi connectivity index (χ4v) is 4.17. The summed E-state index contributed by atoms with van der Waals surface area (Å²) in [7, 11) is 0. The highest BCUT2D eigenvalue weighted by atomic mass is 35.5. The molecule has 0 unspecified atom stereocenters. The third-order valence-electron chi connectivity index (χ3n) is 5.56. The molecule has 1 saturated heterocycles. The molecule has 2 N–H and O–H groups in total. The lowest BCUT2D eigenvalue weighted by atomic mass is 10.1. The number of halogens is 4. The molecule has 3 heterocycles. The van der Waals surface area contributed by atoms with E-state index in [1.165, 1.54) is 18.2 Å². The minimum Gasteiger partial charge on any atom is -0.455 e. The summed E-state index contributed by atoms with van der Waals surface area (Å²) in [5.41, 5.74) is 1.33. The first-order valence-corrected chi connectivity index (χ1v) is 11.6. The molecule has 0 bridgehead atoms. The third kappa shape index (κ3) is 6.72. The lowest BCUT2D eigenvalue weighted by Crippen LogP contribution is -2.43. The highest BCUT2D eigenvalue weighted by Crippen LogP contribution is 2.38. The minimum atomic E-state index is -4.76. The Morgan fingerprint density at radius 3 is 2.58 bits per heavy atom.